The minimum atomic E-state index is -0.521. The lowest BCUT2D eigenvalue weighted by Gasteiger charge is -2.09. The van der Waals surface area contributed by atoms with Crippen molar-refractivity contribution in [3.63, 3.8) is 0 Å². The number of nitrogens with zero attached hydrogens (tertiary/aromatic N) is 2. The molecule has 138 valence electrons. The fraction of sp³-hybridized carbons (Fsp3) is 0.158. The Morgan fingerprint density at radius 2 is 2.07 bits per heavy atom. The van der Waals surface area contributed by atoms with E-state index in [4.69, 9.17) is 14.7 Å². The molecule has 0 spiro atoms. The molecule has 0 fully saturated rings. The Hall–Kier alpha value is -3.86. The summed E-state index contributed by atoms with van der Waals surface area (Å²) in [6, 6.07) is 11.1. The number of amides is 1. The van der Waals surface area contributed by atoms with Crippen LogP contribution in [0, 0.1) is 28.4 Å². The lowest BCUT2D eigenvalue weighted by Crippen LogP contribution is -2.09. The quantitative estimate of drug-likeness (QED) is 0.455. The van der Waals surface area contributed by atoms with Gasteiger partial charge < -0.3 is 14.8 Å². The summed E-state index contributed by atoms with van der Waals surface area (Å²) in [5, 5.41) is 22.0. The van der Waals surface area contributed by atoms with Crippen molar-refractivity contribution in [1.82, 2.24) is 0 Å². The molecule has 0 aliphatic rings. The molecule has 0 aliphatic carbocycles. The molecule has 2 rings (SSSR count). The van der Waals surface area contributed by atoms with Gasteiger partial charge in [-0.05, 0) is 36.3 Å². The third kappa shape index (κ3) is 5.31. The Morgan fingerprint density at radius 3 is 2.74 bits per heavy atom. The number of non-ortho nitro benzene ring substituents is 1. The van der Waals surface area contributed by atoms with Crippen LogP contribution in [0.15, 0.2) is 42.5 Å². The van der Waals surface area contributed by atoms with Gasteiger partial charge in [-0.1, -0.05) is 12.1 Å². The third-order valence-corrected chi connectivity index (χ3v) is 3.60. The van der Waals surface area contributed by atoms with Crippen molar-refractivity contribution >= 4 is 23.4 Å². The molecule has 0 aliphatic heterocycles. The molecule has 0 heterocycles. The van der Waals surface area contributed by atoms with E-state index in [1.54, 1.807) is 37.3 Å². The first-order valence-corrected chi connectivity index (χ1v) is 7.86. The molecule has 0 unspecified atom stereocenters. The van der Waals surface area contributed by atoms with Crippen molar-refractivity contribution < 1.29 is 19.2 Å². The fourth-order valence-electron chi connectivity index (χ4n) is 2.22. The van der Waals surface area contributed by atoms with Crippen LogP contribution >= 0.6 is 0 Å². The number of hydrogen-bond donors (Lipinski definition) is 1. The van der Waals surface area contributed by atoms with Crippen LogP contribution in [0.5, 0.6) is 11.5 Å². The minimum Gasteiger partial charge on any atom is -0.493 e. The molecule has 0 saturated heterocycles. The van der Waals surface area contributed by atoms with Gasteiger partial charge in [0.2, 0.25) is 5.91 Å². The highest BCUT2D eigenvalue weighted by Gasteiger charge is 2.10. The second-order valence-electron chi connectivity index (χ2n) is 5.44. The van der Waals surface area contributed by atoms with Crippen molar-refractivity contribution in [1.29, 1.82) is 5.26 Å². The van der Waals surface area contributed by atoms with Crippen LogP contribution in [-0.4, -0.2) is 24.5 Å². The van der Waals surface area contributed by atoms with E-state index in [1.807, 2.05) is 6.07 Å². The predicted molar refractivity (Wildman–Crippen MR) is 99.6 cm³/mol. The average Bonchev–Trinajstić information content (AvgIpc) is 2.66. The number of nitriles is 1. The van der Waals surface area contributed by atoms with Gasteiger partial charge in [0.1, 0.15) is 6.07 Å². The maximum Gasteiger partial charge on any atom is 0.271 e. The number of carbonyl (C=O) groups excluding carboxylic acids is 1. The van der Waals surface area contributed by atoms with Crippen LogP contribution in [0.2, 0.25) is 0 Å². The summed E-state index contributed by atoms with van der Waals surface area (Å²) in [5.41, 5.74) is 1.67. The van der Waals surface area contributed by atoms with Crippen LogP contribution < -0.4 is 14.8 Å². The number of ether oxygens (including phenoxy) is 2. The highest BCUT2D eigenvalue weighted by atomic mass is 16.6. The molecule has 8 nitrogen and oxygen atoms in total. The molecule has 0 radical (unpaired) electrons. The van der Waals surface area contributed by atoms with Gasteiger partial charge in [-0.3, -0.25) is 14.9 Å². The maximum atomic E-state index is 12.1. The first-order valence-electron chi connectivity index (χ1n) is 7.86. The zero-order valence-corrected chi connectivity index (χ0v) is 14.8. The van der Waals surface area contributed by atoms with E-state index in [0.29, 0.717) is 28.3 Å². The number of nitrogens with one attached hydrogen (secondary N) is 1. The molecule has 2 aromatic carbocycles. The number of carbonyl (C=O) groups is 1. The summed E-state index contributed by atoms with van der Waals surface area (Å²) >= 11 is 0. The maximum absolute atomic E-state index is 12.1. The summed E-state index contributed by atoms with van der Waals surface area (Å²) in [4.78, 5) is 22.5. The molecule has 1 amide bonds. The van der Waals surface area contributed by atoms with Gasteiger partial charge in [-0.15, -0.1) is 0 Å². The SMILES string of the molecule is COc1cc(/C=C/C(=O)Nc2cc([N+](=O)[O-])ccc2C)ccc1OCC#N. The first-order chi connectivity index (χ1) is 12.9. The molecule has 0 saturated carbocycles. The predicted octanol–water partition coefficient (Wildman–Crippen LogP) is 3.47. The molecular formula is C19H17N3O5. The number of rotatable bonds is 7. The number of nitro groups is 1. The lowest BCUT2D eigenvalue weighted by molar-refractivity contribution is -0.384. The van der Waals surface area contributed by atoms with Gasteiger partial charge in [0, 0.05) is 18.2 Å². The molecule has 1 N–H and O–H groups in total. The highest BCUT2D eigenvalue weighted by Crippen LogP contribution is 2.28. The van der Waals surface area contributed by atoms with Gasteiger partial charge in [0.15, 0.2) is 18.1 Å². The number of aryl methyl sites for hydroxylation is 1. The monoisotopic (exact) mass is 367 g/mol. The topological polar surface area (TPSA) is 114 Å². The lowest BCUT2D eigenvalue weighted by atomic mass is 10.1. The Bertz CT molecular complexity index is 931. The zero-order valence-electron chi connectivity index (χ0n) is 14.8. The Balaban J connectivity index is 2.12. The van der Waals surface area contributed by atoms with Crippen molar-refractivity contribution in [2.75, 3.05) is 19.0 Å². The summed E-state index contributed by atoms with van der Waals surface area (Å²) in [7, 11) is 1.47. The summed E-state index contributed by atoms with van der Waals surface area (Å²) < 4.78 is 10.4. The minimum absolute atomic E-state index is 0.0995. The van der Waals surface area contributed by atoms with E-state index in [9.17, 15) is 14.9 Å². The van der Waals surface area contributed by atoms with Crippen LogP contribution in [0.3, 0.4) is 0 Å². The molecular weight excluding hydrogens is 350 g/mol. The van der Waals surface area contributed by atoms with Crippen molar-refractivity contribution in [3.8, 4) is 17.6 Å². The Labute approximate surface area is 155 Å². The van der Waals surface area contributed by atoms with E-state index in [0.717, 1.165) is 0 Å². The van der Waals surface area contributed by atoms with Gasteiger partial charge in [-0.25, -0.2) is 0 Å². The average molecular weight is 367 g/mol. The standard InChI is InChI=1S/C19H17N3O5/c1-13-3-6-15(22(24)25)12-16(13)21-19(23)8-5-14-4-7-17(27-10-9-20)18(11-14)26-2/h3-8,11-12H,10H2,1-2H3,(H,21,23)/b8-5+. The zero-order chi connectivity index (χ0) is 19.8. The number of methoxy groups -OCH3 is 1. The van der Waals surface area contributed by atoms with Crippen LogP contribution in [0.1, 0.15) is 11.1 Å². The van der Waals surface area contributed by atoms with Gasteiger partial charge >= 0.3 is 0 Å². The Morgan fingerprint density at radius 1 is 1.30 bits per heavy atom. The summed E-state index contributed by atoms with van der Waals surface area (Å²) in [6.07, 6.45) is 2.88. The van der Waals surface area contributed by atoms with Crippen molar-refractivity contribution in [3.05, 3.63) is 63.7 Å². The summed E-state index contributed by atoms with van der Waals surface area (Å²) in [6.45, 7) is 1.64. The fourth-order valence-corrected chi connectivity index (χ4v) is 2.22. The second kappa shape index (κ2) is 9.01. The van der Waals surface area contributed by atoms with E-state index >= 15 is 0 Å². The number of benzene rings is 2. The van der Waals surface area contributed by atoms with E-state index in [1.165, 1.54) is 25.3 Å². The molecule has 27 heavy (non-hydrogen) atoms. The molecule has 0 bridgehead atoms. The van der Waals surface area contributed by atoms with E-state index in [2.05, 4.69) is 5.32 Å². The largest absolute Gasteiger partial charge is 0.493 e. The number of hydrogen-bond acceptors (Lipinski definition) is 6. The van der Waals surface area contributed by atoms with Gasteiger partial charge in [0.05, 0.1) is 17.7 Å². The van der Waals surface area contributed by atoms with Crippen molar-refractivity contribution in [2.45, 2.75) is 6.92 Å². The van der Waals surface area contributed by atoms with Gasteiger partial charge in [-0.2, -0.15) is 5.26 Å². The number of nitro benzene ring substituents is 1. The van der Waals surface area contributed by atoms with Crippen LogP contribution in [0.4, 0.5) is 11.4 Å². The number of anilines is 1. The third-order valence-electron chi connectivity index (χ3n) is 3.60. The van der Waals surface area contributed by atoms with Gasteiger partial charge in [0.25, 0.3) is 5.69 Å². The van der Waals surface area contributed by atoms with Crippen LogP contribution in [0.25, 0.3) is 6.08 Å². The normalized spacial score (nSPS) is 10.3. The molecule has 0 aromatic heterocycles. The van der Waals surface area contributed by atoms with E-state index < -0.39 is 10.8 Å². The molecule has 8 heteroatoms. The molecule has 0 atom stereocenters. The highest BCUT2D eigenvalue weighted by molar-refractivity contribution is 6.02. The first kappa shape index (κ1) is 19.5. The van der Waals surface area contributed by atoms with E-state index in [-0.39, 0.29) is 12.3 Å². The van der Waals surface area contributed by atoms with Crippen molar-refractivity contribution in [2.24, 2.45) is 0 Å². The Kier molecular flexibility index (Phi) is 6.49. The van der Waals surface area contributed by atoms with Crippen LogP contribution in [-0.2, 0) is 4.79 Å². The summed E-state index contributed by atoms with van der Waals surface area (Å²) in [5.74, 6) is 0.428. The smallest absolute Gasteiger partial charge is 0.271 e. The molecule has 2 aromatic rings. The second-order valence-corrected chi connectivity index (χ2v) is 5.44.